The average molecular weight is 397 g/mol. The maximum Gasteiger partial charge on any atom is 0.246 e. The predicted molar refractivity (Wildman–Crippen MR) is 102 cm³/mol. The topological polar surface area (TPSA) is 62.9 Å². The van der Waals surface area contributed by atoms with Crippen molar-refractivity contribution in [3.63, 3.8) is 0 Å². The number of piperazine rings is 1. The molecule has 148 valence electrons. The average Bonchev–Trinajstić information content (AvgIpc) is 2.90. The van der Waals surface area contributed by atoms with E-state index < -0.39 is 10.0 Å². The number of aryl methyl sites for hydroxylation is 1. The Morgan fingerprint density at radius 3 is 2.30 bits per heavy atom. The summed E-state index contributed by atoms with van der Waals surface area (Å²) in [6.45, 7) is 7.72. The number of anilines is 1. The van der Waals surface area contributed by atoms with Crippen LogP contribution in [-0.4, -0.2) is 62.8 Å². The Hall–Kier alpha value is -1.97. The minimum atomic E-state index is -3.50. The lowest BCUT2D eigenvalue weighted by Gasteiger charge is -2.33. The highest BCUT2D eigenvalue weighted by Gasteiger charge is 2.28. The van der Waals surface area contributed by atoms with E-state index >= 15 is 0 Å². The van der Waals surface area contributed by atoms with E-state index in [1.165, 1.54) is 35.4 Å². The molecular weight excluding hydrogens is 369 g/mol. The summed E-state index contributed by atoms with van der Waals surface area (Å²) in [6.07, 6.45) is 0. The van der Waals surface area contributed by atoms with Gasteiger partial charge in [-0.25, -0.2) is 21.8 Å². The fourth-order valence-electron chi connectivity index (χ4n) is 3.49. The lowest BCUT2D eigenvalue weighted by Crippen LogP contribution is -3.14. The highest BCUT2D eigenvalue weighted by Crippen LogP contribution is 2.21. The molecular formula is C18H27FN5O2S+. The molecule has 1 aliphatic rings. The first-order chi connectivity index (χ1) is 12.7. The molecule has 0 aliphatic carbocycles. The quantitative estimate of drug-likeness (QED) is 0.787. The first-order valence-corrected chi connectivity index (χ1v) is 10.4. The van der Waals surface area contributed by atoms with Gasteiger partial charge in [-0.2, -0.15) is 5.10 Å². The fraction of sp³-hybridized carbons (Fsp3) is 0.500. The molecule has 0 bridgehead atoms. The van der Waals surface area contributed by atoms with Crippen LogP contribution < -0.4 is 9.80 Å². The first-order valence-electron chi connectivity index (χ1n) is 9.00. The second kappa shape index (κ2) is 7.57. The molecule has 2 aromatic rings. The number of aromatic nitrogens is 2. The molecule has 0 unspecified atom stereocenters. The Morgan fingerprint density at radius 2 is 1.74 bits per heavy atom. The van der Waals surface area contributed by atoms with Crippen LogP contribution in [0.3, 0.4) is 0 Å². The van der Waals surface area contributed by atoms with E-state index in [4.69, 9.17) is 0 Å². The molecule has 1 aromatic heterocycles. The zero-order valence-electron chi connectivity index (χ0n) is 16.2. The van der Waals surface area contributed by atoms with Crippen molar-refractivity contribution in [2.45, 2.75) is 25.4 Å². The number of quaternary nitrogens is 1. The van der Waals surface area contributed by atoms with Crippen molar-refractivity contribution in [2.75, 3.05) is 45.2 Å². The van der Waals surface area contributed by atoms with E-state index in [1.807, 2.05) is 6.92 Å². The van der Waals surface area contributed by atoms with E-state index in [0.29, 0.717) is 23.0 Å². The summed E-state index contributed by atoms with van der Waals surface area (Å²) in [6, 6.07) is 6.58. The van der Waals surface area contributed by atoms with Gasteiger partial charge >= 0.3 is 0 Å². The van der Waals surface area contributed by atoms with Crippen LogP contribution in [0.1, 0.15) is 11.4 Å². The van der Waals surface area contributed by atoms with Crippen molar-refractivity contribution >= 4 is 15.7 Å². The van der Waals surface area contributed by atoms with E-state index in [1.54, 1.807) is 23.7 Å². The summed E-state index contributed by atoms with van der Waals surface area (Å²) >= 11 is 0. The molecule has 27 heavy (non-hydrogen) atoms. The largest absolute Gasteiger partial charge is 0.360 e. The Labute approximate surface area is 160 Å². The lowest BCUT2D eigenvalue weighted by molar-refractivity contribution is -0.924. The van der Waals surface area contributed by atoms with Crippen molar-refractivity contribution in [3.8, 4) is 0 Å². The van der Waals surface area contributed by atoms with Crippen LogP contribution in [0.5, 0.6) is 0 Å². The minimum Gasteiger partial charge on any atom is -0.360 e. The van der Waals surface area contributed by atoms with Gasteiger partial charge in [0.15, 0.2) is 6.67 Å². The van der Waals surface area contributed by atoms with Gasteiger partial charge in [-0.15, -0.1) is 0 Å². The standard InChI is InChI=1S/C18H26FN5O2S/c1-14-18(27(25,26)21(3)4)15(2)24(20-14)13-22-9-11-23(12-10-22)17-7-5-16(19)6-8-17/h5-8H,9-13H2,1-4H3/p+1. The Bertz CT molecular complexity index is 901. The molecule has 1 aliphatic heterocycles. The number of rotatable bonds is 5. The molecule has 9 heteroatoms. The van der Waals surface area contributed by atoms with Gasteiger partial charge in [0, 0.05) is 19.8 Å². The van der Waals surface area contributed by atoms with Gasteiger partial charge in [0.2, 0.25) is 10.0 Å². The van der Waals surface area contributed by atoms with Crippen LogP contribution in [-0.2, 0) is 16.7 Å². The molecule has 1 fully saturated rings. The lowest BCUT2D eigenvalue weighted by atomic mass is 10.2. The van der Waals surface area contributed by atoms with Crippen LogP contribution in [0.15, 0.2) is 29.2 Å². The third-order valence-corrected chi connectivity index (χ3v) is 7.16. The number of hydrogen-bond acceptors (Lipinski definition) is 4. The number of benzene rings is 1. The Morgan fingerprint density at radius 1 is 1.15 bits per heavy atom. The Kier molecular flexibility index (Phi) is 5.55. The van der Waals surface area contributed by atoms with Crippen LogP contribution in [0.25, 0.3) is 0 Å². The highest BCUT2D eigenvalue weighted by molar-refractivity contribution is 7.89. The maximum atomic E-state index is 13.1. The molecule has 1 aromatic carbocycles. The van der Waals surface area contributed by atoms with Gasteiger partial charge in [-0.05, 0) is 38.1 Å². The smallest absolute Gasteiger partial charge is 0.246 e. The molecule has 0 radical (unpaired) electrons. The summed E-state index contributed by atoms with van der Waals surface area (Å²) in [7, 11) is -0.438. The molecule has 0 saturated carbocycles. The SMILES string of the molecule is Cc1nn(C[NH+]2CCN(c3ccc(F)cc3)CC2)c(C)c1S(=O)(=O)N(C)C. The van der Waals surface area contributed by atoms with Crippen molar-refractivity contribution in [1.29, 1.82) is 0 Å². The van der Waals surface area contributed by atoms with Crippen LogP contribution in [0.2, 0.25) is 0 Å². The first kappa shape index (κ1) is 19.8. The van der Waals surface area contributed by atoms with Crippen molar-refractivity contribution in [2.24, 2.45) is 0 Å². The Balaban J connectivity index is 1.68. The van der Waals surface area contributed by atoms with Crippen LogP contribution in [0.4, 0.5) is 10.1 Å². The molecule has 0 amide bonds. The molecule has 3 rings (SSSR count). The van der Waals surface area contributed by atoms with Crippen molar-refractivity contribution in [3.05, 3.63) is 41.5 Å². The van der Waals surface area contributed by atoms with Gasteiger partial charge in [0.25, 0.3) is 0 Å². The van der Waals surface area contributed by atoms with Gasteiger partial charge in [0.05, 0.1) is 37.6 Å². The third kappa shape index (κ3) is 3.99. The monoisotopic (exact) mass is 396 g/mol. The van der Waals surface area contributed by atoms with Gasteiger partial charge in [0.1, 0.15) is 10.7 Å². The van der Waals surface area contributed by atoms with Crippen molar-refractivity contribution < 1.29 is 17.7 Å². The second-order valence-corrected chi connectivity index (χ2v) is 9.25. The maximum absolute atomic E-state index is 13.1. The fourth-order valence-corrected chi connectivity index (χ4v) is 4.75. The number of nitrogens with zero attached hydrogens (tertiary/aromatic N) is 4. The summed E-state index contributed by atoms with van der Waals surface area (Å²) < 4.78 is 41.2. The number of nitrogens with one attached hydrogen (secondary N) is 1. The number of sulfonamides is 1. The number of halogens is 1. The molecule has 0 spiro atoms. The zero-order valence-corrected chi connectivity index (χ0v) is 17.1. The molecule has 1 saturated heterocycles. The molecule has 1 N–H and O–H groups in total. The van der Waals surface area contributed by atoms with E-state index in [9.17, 15) is 12.8 Å². The van der Waals surface area contributed by atoms with Gasteiger partial charge < -0.3 is 9.80 Å². The highest BCUT2D eigenvalue weighted by atomic mass is 32.2. The number of hydrogen-bond donors (Lipinski definition) is 1. The van der Waals surface area contributed by atoms with E-state index in [-0.39, 0.29) is 5.82 Å². The normalized spacial score (nSPS) is 16.3. The summed E-state index contributed by atoms with van der Waals surface area (Å²) in [4.78, 5) is 3.89. The van der Waals surface area contributed by atoms with Crippen LogP contribution in [0, 0.1) is 19.7 Å². The summed E-state index contributed by atoms with van der Waals surface area (Å²) in [5.74, 6) is -0.226. The van der Waals surface area contributed by atoms with E-state index in [0.717, 1.165) is 31.9 Å². The summed E-state index contributed by atoms with van der Waals surface area (Å²) in [5.41, 5.74) is 2.24. The second-order valence-electron chi connectivity index (χ2n) is 7.16. The van der Waals surface area contributed by atoms with Crippen LogP contribution >= 0.6 is 0 Å². The summed E-state index contributed by atoms with van der Waals surface area (Å²) in [5, 5.41) is 4.47. The zero-order chi connectivity index (χ0) is 19.8. The molecule has 2 heterocycles. The van der Waals surface area contributed by atoms with Gasteiger partial charge in [-0.3, -0.25) is 0 Å². The third-order valence-electron chi connectivity index (χ3n) is 5.09. The minimum absolute atomic E-state index is 0.226. The van der Waals surface area contributed by atoms with Gasteiger partial charge in [-0.1, -0.05) is 0 Å². The van der Waals surface area contributed by atoms with Crippen molar-refractivity contribution in [1.82, 2.24) is 14.1 Å². The van der Waals surface area contributed by atoms with E-state index in [2.05, 4.69) is 10.00 Å². The predicted octanol–water partition coefficient (Wildman–Crippen LogP) is 0.252. The molecule has 7 nitrogen and oxygen atoms in total. The molecule has 0 atom stereocenters.